The largest absolute Gasteiger partial charge is 0.496 e. The van der Waals surface area contributed by atoms with Crippen LogP contribution in [-0.4, -0.2) is 18.2 Å². The van der Waals surface area contributed by atoms with Gasteiger partial charge < -0.3 is 10.1 Å². The Balaban J connectivity index is 1.87. The number of rotatable bonds is 3. The molecule has 122 valence electrons. The van der Waals surface area contributed by atoms with Crippen LogP contribution < -0.4 is 10.1 Å². The molecule has 0 aromatic heterocycles. The number of carbonyl (C=O) groups is 1. The van der Waals surface area contributed by atoms with Crippen molar-refractivity contribution in [2.75, 3.05) is 7.11 Å². The molecule has 4 nitrogen and oxygen atoms in total. The summed E-state index contributed by atoms with van der Waals surface area (Å²) in [4.78, 5) is 17.1. The van der Waals surface area contributed by atoms with Gasteiger partial charge >= 0.3 is 0 Å². The molecule has 0 radical (unpaired) electrons. The van der Waals surface area contributed by atoms with E-state index in [1.807, 2.05) is 18.2 Å². The van der Waals surface area contributed by atoms with Crippen molar-refractivity contribution in [3.63, 3.8) is 0 Å². The highest BCUT2D eigenvalue weighted by atomic mass is 79.9. The number of benzene rings is 2. The lowest BCUT2D eigenvalue weighted by Crippen LogP contribution is -2.19. The number of hydrogen-bond acceptors (Lipinski definition) is 4. The fraction of sp³-hybridized carbons (Fsp3) is 0.0588. The number of thioether (sulfide) groups is 1. The van der Waals surface area contributed by atoms with Gasteiger partial charge in [0.25, 0.3) is 5.91 Å². The zero-order chi connectivity index (χ0) is 17.1. The number of carbonyl (C=O) groups excluding carboxylic acids is 1. The van der Waals surface area contributed by atoms with E-state index in [9.17, 15) is 4.79 Å². The SMILES string of the molecule is COc1ccc(Br)cc1C=C1SC(=Nc2ccc(Cl)cc2)NC1=O. The number of amides is 1. The highest BCUT2D eigenvalue weighted by Gasteiger charge is 2.24. The third-order valence-electron chi connectivity index (χ3n) is 3.19. The van der Waals surface area contributed by atoms with E-state index in [1.165, 1.54) is 11.8 Å². The summed E-state index contributed by atoms with van der Waals surface area (Å²) in [6.07, 6.45) is 1.79. The van der Waals surface area contributed by atoms with Gasteiger partial charge in [-0.1, -0.05) is 27.5 Å². The molecule has 1 saturated heterocycles. The van der Waals surface area contributed by atoms with Gasteiger partial charge in [0.2, 0.25) is 0 Å². The number of halogens is 2. The van der Waals surface area contributed by atoms with E-state index in [0.717, 1.165) is 15.7 Å². The molecule has 1 aliphatic rings. The van der Waals surface area contributed by atoms with Crippen molar-refractivity contribution in [3.05, 3.63) is 62.4 Å². The number of nitrogens with one attached hydrogen (secondary N) is 1. The van der Waals surface area contributed by atoms with Crippen LogP contribution >= 0.6 is 39.3 Å². The first-order chi connectivity index (χ1) is 11.5. The van der Waals surface area contributed by atoms with Crippen LogP contribution in [0.2, 0.25) is 5.02 Å². The molecular weight excluding hydrogens is 412 g/mol. The molecule has 7 heteroatoms. The molecule has 0 aliphatic carbocycles. The zero-order valence-corrected chi connectivity index (χ0v) is 15.7. The van der Waals surface area contributed by atoms with Crippen LogP contribution in [0.4, 0.5) is 5.69 Å². The standard InChI is InChI=1S/C17H12BrClN2O2S/c1-23-14-7-2-11(18)8-10(14)9-15-16(22)21-17(24-15)20-13-5-3-12(19)4-6-13/h2-9H,1H3,(H,20,21,22). The second-order valence-electron chi connectivity index (χ2n) is 4.84. The van der Waals surface area contributed by atoms with E-state index < -0.39 is 0 Å². The van der Waals surface area contributed by atoms with E-state index >= 15 is 0 Å². The van der Waals surface area contributed by atoms with E-state index in [4.69, 9.17) is 16.3 Å². The van der Waals surface area contributed by atoms with Crippen molar-refractivity contribution in [1.82, 2.24) is 5.32 Å². The summed E-state index contributed by atoms with van der Waals surface area (Å²) in [6, 6.07) is 12.7. The summed E-state index contributed by atoms with van der Waals surface area (Å²) in [6.45, 7) is 0. The van der Waals surface area contributed by atoms with Crippen molar-refractivity contribution in [3.8, 4) is 5.75 Å². The maximum Gasteiger partial charge on any atom is 0.264 e. The highest BCUT2D eigenvalue weighted by molar-refractivity contribution is 9.10. The topological polar surface area (TPSA) is 50.7 Å². The van der Waals surface area contributed by atoms with Gasteiger partial charge in [-0.15, -0.1) is 0 Å². The molecule has 0 saturated carbocycles. The number of aliphatic imine (C=N–C) groups is 1. The van der Waals surface area contributed by atoms with E-state index in [0.29, 0.717) is 20.8 Å². The minimum absolute atomic E-state index is 0.185. The second kappa shape index (κ2) is 7.42. The van der Waals surface area contributed by atoms with Crippen molar-refractivity contribution >= 4 is 62.1 Å². The van der Waals surface area contributed by atoms with Gasteiger partial charge in [0.15, 0.2) is 5.17 Å². The average Bonchev–Trinajstić information content (AvgIpc) is 2.89. The molecule has 1 amide bonds. The molecular formula is C17H12BrClN2O2S. The lowest BCUT2D eigenvalue weighted by molar-refractivity contribution is -0.115. The highest BCUT2D eigenvalue weighted by Crippen LogP contribution is 2.32. The Kier molecular flexibility index (Phi) is 5.28. The smallest absolute Gasteiger partial charge is 0.264 e. The van der Waals surface area contributed by atoms with Crippen molar-refractivity contribution in [1.29, 1.82) is 0 Å². The van der Waals surface area contributed by atoms with Crippen LogP contribution in [0, 0.1) is 0 Å². The lowest BCUT2D eigenvalue weighted by Gasteiger charge is -2.05. The fourth-order valence-electron chi connectivity index (χ4n) is 2.07. The zero-order valence-electron chi connectivity index (χ0n) is 12.5. The molecule has 1 fully saturated rings. The fourth-order valence-corrected chi connectivity index (χ4v) is 3.41. The van der Waals surface area contributed by atoms with Gasteiger partial charge in [-0.25, -0.2) is 4.99 Å². The maximum atomic E-state index is 12.2. The Bertz CT molecular complexity index is 850. The van der Waals surface area contributed by atoms with Gasteiger partial charge in [-0.2, -0.15) is 0 Å². The van der Waals surface area contributed by atoms with E-state index in [1.54, 1.807) is 37.5 Å². The van der Waals surface area contributed by atoms with Gasteiger partial charge in [0.1, 0.15) is 5.75 Å². The Morgan fingerprint density at radius 3 is 2.71 bits per heavy atom. The average molecular weight is 424 g/mol. The van der Waals surface area contributed by atoms with Gasteiger partial charge in [0, 0.05) is 15.1 Å². The maximum absolute atomic E-state index is 12.2. The van der Waals surface area contributed by atoms with Crippen molar-refractivity contribution in [2.24, 2.45) is 4.99 Å². The summed E-state index contributed by atoms with van der Waals surface area (Å²) >= 11 is 10.6. The number of methoxy groups -OCH3 is 1. The molecule has 1 aliphatic heterocycles. The minimum Gasteiger partial charge on any atom is -0.496 e. The number of hydrogen-bond donors (Lipinski definition) is 1. The molecule has 0 atom stereocenters. The number of nitrogens with zero attached hydrogens (tertiary/aromatic N) is 1. The van der Waals surface area contributed by atoms with Crippen LogP contribution in [0.5, 0.6) is 5.75 Å². The first kappa shape index (κ1) is 17.1. The van der Waals surface area contributed by atoms with Crippen molar-refractivity contribution in [2.45, 2.75) is 0 Å². The molecule has 1 N–H and O–H groups in total. The third-order valence-corrected chi connectivity index (χ3v) is 4.84. The lowest BCUT2D eigenvalue weighted by atomic mass is 10.2. The summed E-state index contributed by atoms with van der Waals surface area (Å²) in [5.41, 5.74) is 1.54. The monoisotopic (exact) mass is 422 g/mol. The first-order valence-electron chi connectivity index (χ1n) is 6.94. The van der Waals surface area contributed by atoms with Gasteiger partial charge in [-0.3, -0.25) is 4.79 Å². The Morgan fingerprint density at radius 2 is 2.00 bits per heavy atom. The normalized spacial score (nSPS) is 17.4. The predicted octanol–water partition coefficient (Wildman–Crippen LogP) is 5.00. The van der Waals surface area contributed by atoms with Crippen LogP contribution in [0.1, 0.15) is 5.56 Å². The Hall–Kier alpha value is -1.76. The predicted molar refractivity (Wildman–Crippen MR) is 103 cm³/mol. The van der Waals surface area contributed by atoms with Gasteiger partial charge in [0.05, 0.1) is 17.7 Å². The quantitative estimate of drug-likeness (QED) is 0.707. The summed E-state index contributed by atoms with van der Waals surface area (Å²) in [7, 11) is 1.60. The number of amidine groups is 1. The summed E-state index contributed by atoms with van der Waals surface area (Å²) < 4.78 is 6.24. The molecule has 0 unspecified atom stereocenters. The molecule has 1 heterocycles. The molecule has 24 heavy (non-hydrogen) atoms. The first-order valence-corrected chi connectivity index (χ1v) is 8.92. The summed E-state index contributed by atoms with van der Waals surface area (Å²) in [5, 5.41) is 3.93. The molecule has 2 aromatic carbocycles. The Labute approximate surface area is 157 Å². The molecule has 0 spiro atoms. The summed E-state index contributed by atoms with van der Waals surface area (Å²) in [5.74, 6) is 0.511. The van der Waals surface area contributed by atoms with E-state index in [-0.39, 0.29) is 5.91 Å². The molecule has 0 bridgehead atoms. The van der Waals surface area contributed by atoms with Crippen LogP contribution in [0.15, 0.2) is 56.8 Å². The Morgan fingerprint density at radius 1 is 1.25 bits per heavy atom. The molecule has 2 aromatic rings. The minimum atomic E-state index is -0.185. The number of ether oxygens (including phenoxy) is 1. The van der Waals surface area contributed by atoms with Gasteiger partial charge in [-0.05, 0) is 60.3 Å². The van der Waals surface area contributed by atoms with Crippen LogP contribution in [0.25, 0.3) is 6.08 Å². The van der Waals surface area contributed by atoms with E-state index in [2.05, 4.69) is 26.2 Å². The second-order valence-corrected chi connectivity index (χ2v) is 7.23. The third kappa shape index (κ3) is 4.01. The van der Waals surface area contributed by atoms with Crippen molar-refractivity contribution < 1.29 is 9.53 Å². The van der Waals surface area contributed by atoms with Crippen LogP contribution in [-0.2, 0) is 4.79 Å². The molecule has 3 rings (SSSR count). The van der Waals surface area contributed by atoms with Crippen LogP contribution in [0.3, 0.4) is 0 Å².